The van der Waals surface area contributed by atoms with Gasteiger partial charge < -0.3 is 9.64 Å². The van der Waals surface area contributed by atoms with Gasteiger partial charge in [0.1, 0.15) is 23.3 Å². The summed E-state index contributed by atoms with van der Waals surface area (Å²) in [5.41, 5.74) is 1.13. The van der Waals surface area contributed by atoms with Gasteiger partial charge in [0.25, 0.3) is 0 Å². The molecule has 0 radical (unpaired) electrons. The molecule has 1 aliphatic heterocycles. The highest BCUT2D eigenvalue weighted by Crippen LogP contribution is 2.30. The third kappa shape index (κ3) is 5.13. The van der Waals surface area contributed by atoms with Crippen molar-refractivity contribution in [2.24, 2.45) is 0 Å². The Morgan fingerprint density at radius 2 is 1.86 bits per heavy atom. The third-order valence-corrected chi connectivity index (χ3v) is 4.47. The van der Waals surface area contributed by atoms with Gasteiger partial charge >= 0.3 is 12.4 Å². The molecule has 28 heavy (non-hydrogen) atoms. The summed E-state index contributed by atoms with van der Waals surface area (Å²) in [6.45, 7) is 1.02. The number of hydrogen-bond donors (Lipinski definition) is 1. The van der Waals surface area contributed by atoms with Gasteiger partial charge in [0.15, 0.2) is 0 Å². The average Bonchev–Trinajstić information content (AvgIpc) is 2.67. The third-order valence-electron chi connectivity index (χ3n) is 4.47. The van der Waals surface area contributed by atoms with Crippen molar-refractivity contribution in [3.63, 3.8) is 0 Å². The van der Waals surface area contributed by atoms with Gasteiger partial charge in [-0.15, -0.1) is 13.2 Å². The molecule has 2 aromatic rings. The second kappa shape index (κ2) is 8.17. The van der Waals surface area contributed by atoms with Crippen LogP contribution in [0.3, 0.4) is 0 Å². The van der Waals surface area contributed by atoms with E-state index in [9.17, 15) is 18.0 Å². The Morgan fingerprint density at radius 1 is 1.18 bits per heavy atom. The molecule has 3 rings (SSSR count). The van der Waals surface area contributed by atoms with Gasteiger partial charge in [0, 0.05) is 13.1 Å². The van der Waals surface area contributed by atoms with Crippen LogP contribution in [0, 0.1) is 11.3 Å². The zero-order valence-corrected chi connectivity index (χ0v) is 14.7. The number of urea groups is 1. The summed E-state index contributed by atoms with van der Waals surface area (Å²) in [5, 5.41) is 11.5. The number of ether oxygens (including phenoxy) is 1. The zero-order chi connectivity index (χ0) is 20.1. The Balaban J connectivity index is 1.54. The molecule has 0 saturated carbocycles. The lowest BCUT2D eigenvalue weighted by Gasteiger charge is -2.32. The monoisotopic (exact) mass is 390 g/mol. The van der Waals surface area contributed by atoms with Crippen LogP contribution >= 0.6 is 0 Å². The number of aromatic nitrogens is 1. The van der Waals surface area contributed by atoms with Crippen LogP contribution in [0.15, 0.2) is 42.5 Å². The number of carbonyl (C=O) groups excluding carboxylic acids is 1. The highest BCUT2D eigenvalue weighted by molar-refractivity contribution is 5.88. The first-order valence-electron chi connectivity index (χ1n) is 8.63. The molecule has 0 unspecified atom stereocenters. The number of benzene rings is 1. The second-order valence-electron chi connectivity index (χ2n) is 6.33. The quantitative estimate of drug-likeness (QED) is 0.849. The lowest BCUT2D eigenvalue weighted by atomic mass is 9.89. The minimum Gasteiger partial charge on any atom is -0.406 e. The van der Waals surface area contributed by atoms with E-state index in [1.165, 1.54) is 12.1 Å². The summed E-state index contributed by atoms with van der Waals surface area (Å²) in [6, 6.07) is 12.3. The SMILES string of the molecule is N#Cc1cccc(NC(=O)N2CCC(c3ccc(OC(F)(F)F)cc3)CC2)n1. The molecule has 9 heteroatoms. The molecular weight excluding hydrogens is 373 g/mol. The highest BCUT2D eigenvalue weighted by Gasteiger charge is 2.31. The number of rotatable bonds is 3. The second-order valence-corrected chi connectivity index (χ2v) is 6.33. The predicted molar refractivity (Wildman–Crippen MR) is 94.6 cm³/mol. The first-order chi connectivity index (χ1) is 13.3. The average molecular weight is 390 g/mol. The number of halogens is 3. The van der Waals surface area contributed by atoms with Crippen LogP contribution in [0.2, 0.25) is 0 Å². The number of piperidine rings is 1. The standard InChI is InChI=1S/C19H17F3N4O2/c20-19(21,22)28-16-6-4-13(5-7-16)14-8-10-26(11-9-14)18(27)25-17-3-1-2-15(12-23)24-17/h1-7,14H,8-11H2,(H,24,25,27). The molecule has 2 heterocycles. The fourth-order valence-electron chi connectivity index (χ4n) is 3.11. The van der Waals surface area contributed by atoms with Crippen molar-refractivity contribution in [2.75, 3.05) is 18.4 Å². The van der Waals surface area contributed by atoms with Crippen LogP contribution in [0.4, 0.5) is 23.8 Å². The zero-order valence-electron chi connectivity index (χ0n) is 14.7. The van der Waals surface area contributed by atoms with Crippen molar-refractivity contribution in [1.82, 2.24) is 9.88 Å². The molecule has 146 valence electrons. The summed E-state index contributed by atoms with van der Waals surface area (Å²) < 4.78 is 40.6. The Hall–Kier alpha value is -3.28. The van der Waals surface area contributed by atoms with E-state index in [0.29, 0.717) is 31.7 Å². The van der Waals surface area contributed by atoms with Crippen molar-refractivity contribution in [3.8, 4) is 11.8 Å². The number of anilines is 1. The van der Waals surface area contributed by atoms with E-state index in [0.717, 1.165) is 5.56 Å². The lowest BCUT2D eigenvalue weighted by molar-refractivity contribution is -0.274. The van der Waals surface area contributed by atoms with E-state index >= 15 is 0 Å². The van der Waals surface area contributed by atoms with Crippen molar-refractivity contribution < 1.29 is 22.7 Å². The summed E-state index contributed by atoms with van der Waals surface area (Å²) in [6.07, 6.45) is -3.32. The number of likely N-dealkylation sites (tertiary alicyclic amines) is 1. The van der Waals surface area contributed by atoms with Crippen LogP contribution in [-0.2, 0) is 0 Å². The maximum absolute atomic E-state index is 12.4. The Morgan fingerprint density at radius 3 is 2.46 bits per heavy atom. The molecule has 1 aromatic heterocycles. The summed E-state index contributed by atoms with van der Waals surface area (Å²) >= 11 is 0. The van der Waals surface area contributed by atoms with Crippen molar-refractivity contribution >= 4 is 11.8 Å². The van der Waals surface area contributed by atoms with Gasteiger partial charge in [-0.25, -0.2) is 9.78 Å². The molecule has 1 aromatic carbocycles. The number of pyridine rings is 1. The van der Waals surface area contributed by atoms with Crippen molar-refractivity contribution in [3.05, 3.63) is 53.7 Å². The number of amides is 2. The number of alkyl halides is 3. The number of nitriles is 1. The molecule has 1 saturated heterocycles. The number of carbonyl (C=O) groups is 1. The molecule has 6 nitrogen and oxygen atoms in total. The van der Waals surface area contributed by atoms with E-state index in [-0.39, 0.29) is 23.4 Å². The van der Waals surface area contributed by atoms with E-state index in [1.54, 1.807) is 35.2 Å². The number of hydrogen-bond acceptors (Lipinski definition) is 4. The van der Waals surface area contributed by atoms with Crippen LogP contribution in [0.25, 0.3) is 0 Å². The largest absolute Gasteiger partial charge is 0.573 e. The summed E-state index contributed by atoms with van der Waals surface area (Å²) in [7, 11) is 0. The molecule has 1 fully saturated rings. The molecular formula is C19H17F3N4O2. The van der Waals surface area contributed by atoms with Gasteiger partial charge in [-0.1, -0.05) is 18.2 Å². The summed E-state index contributed by atoms with van der Waals surface area (Å²) in [5.74, 6) is 0.218. The fraction of sp³-hybridized carbons (Fsp3) is 0.316. The van der Waals surface area contributed by atoms with Gasteiger partial charge in [0.2, 0.25) is 0 Å². The first kappa shape index (κ1) is 19.5. The Labute approximate surface area is 159 Å². The molecule has 0 atom stereocenters. The molecule has 1 N–H and O–H groups in total. The molecule has 0 spiro atoms. The van der Waals surface area contributed by atoms with Gasteiger partial charge in [0.05, 0.1) is 0 Å². The van der Waals surface area contributed by atoms with Gasteiger partial charge in [-0.05, 0) is 48.6 Å². The topological polar surface area (TPSA) is 78.2 Å². The summed E-state index contributed by atoms with van der Waals surface area (Å²) in [4.78, 5) is 18.0. The number of nitrogens with one attached hydrogen (secondary N) is 1. The van der Waals surface area contributed by atoms with Crippen molar-refractivity contribution in [1.29, 1.82) is 5.26 Å². The minimum absolute atomic E-state index is 0.157. The van der Waals surface area contributed by atoms with Crippen molar-refractivity contribution in [2.45, 2.75) is 25.1 Å². The number of nitrogens with zero attached hydrogens (tertiary/aromatic N) is 3. The van der Waals surface area contributed by atoms with Crippen LogP contribution in [-0.4, -0.2) is 35.4 Å². The Kier molecular flexibility index (Phi) is 5.68. The van der Waals surface area contributed by atoms with Gasteiger partial charge in [-0.2, -0.15) is 5.26 Å². The smallest absolute Gasteiger partial charge is 0.406 e. The molecule has 1 aliphatic rings. The first-order valence-corrected chi connectivity index (χ1v) is 8.63. The fourth-order valence-corrected chi connectivity index (χ4v) is 3.11. The normalized spacial score (nSPS) is 15.0. The lowest BCUT2D eigenvalue weighted by Crippen LogP contribution is -2.40. The van der Waals surface area contributed by atoms with Crippen LogP contribution in [0.1, 0.15) is 30.0 Å². The molecule has 2 amide bonds. The highest BCUT2D eigenvalue weighted by atomic mass is 19.4. The van der Waals surface area contributed by atoms with E-state index < -0.39 is 6.36 Å². The van der Waals surface area contributed by atoms with E-state index in [1.807, 2.05) is 6.07 Å². The Bertz CT molecular complexity index is 870. The minimum atomic E-state index is -4.71. The molecule has 0 aliphatic carbocycles. The van der Waals surface area contributed by atoms with E-state index in [4.69, 9.17) is 5.26 Å². The van der Waals surface area contributed by atoms with E-state index in [2.05, 4.69) is 15.0 Å². The van der Waals surface area contributed by atoms with Crippen LogP contribution < -0.4 is 10.1 Å². The predicted octanol–water partition coefficient (Wildman–Crippen LogP) is 4.26. The molecule has 0 bridgehead atoms. The van der Waals surface area contributed by atoms with Crippen LogP contribution in [0.5, 0.6) is 5.75 Å². The maximum Gasteiger partial charge on any atom is 0.573 e. The van der Waals surface area contributed by atoms with Gasteiger partial charge in [-0.3, -0.25) is 5.32 Å². The maximum atomic E-state index is 12.4.